The molecule has 1 N–H and O–H groups in total. The first-order valence-electron chi connectivity index (χ1n) is 7.66. The molecule has 1 aliphatic carbocycles. The van der Waals surface area contributed by atoms with Crippen molar-refractivity contribution in [2.45, 2.75) is 57.7 Å². The molecule has 0 radical (unpaired) electrons. The van der Waals surface area contributed by atoms with Gasteiger partial charge in [0, 0.05) is 36.6 Å². The summed E-state index contributed by atoms with van der Waals surface area (Å²) in [6.45, 7) is 8.13. The van der Waals surface area contributed by atoms with Gasteiger partial charge in [0.25, 0.3) is 0 Å². The highest BCUT2D eigenvalue weighted by atomic mass is 16.5. The van der Waals surface area contributed by atoms with E-state index in [1.54, 1.807) is 0 Å². The zero-order valence-electron chi connectivity index (χ0n) is 12.1. The zero-order valence-corrected chi connectivity index (χ0v) is 12.1. The maximum Gasteiger partial charge on any atom is 0.0685 e. The Morgan fingerprint density at radius 2 is 2.11 bits per heavy atom. The van der Waals surface area contributed by atoms with Crippen LogP contribution in [-0.2, 0) is 4.74 Å². The number of likely N-dealkylation sites (tertiary alicyclic amines) is 1. The fraction of sp³-hybridized carbons (Fsp3) is 1.00. The third kappa shape index (κ3) is 2.00. The molecular weight excluding hydrogens is 224 g/mol. The molecule has 3 nitrogen and oxygen atoms in total. The van der Waals surface area contributed by atoms with Crippen molar-refractivity contribution < 1.29 is 4.74 Å². The van der Waals surface area contributed by atoms with Crippen LogP contribution in [0.2, 0.25) is 0 Å². The summed E-state index contributed by atoms with van der Waals surface area (Å²) < 4.78 is 5.86. The first kappa shape index (κ1) is 12.9. The van der Waals surface area contributed by atoms with Crippen LogP contribution in [0.15, 0.2) is 0 Å². The lowest BCUT2D eigenvalue weighted by atomic mass is 9.57. The molecule has 0 aromatic rings. The van der Waals surface area contributed by atoms with Crippen LogP contribution < -0.4 is 5.32 Å². The lowest BCUT2D eigenvalue weighted by Crippen LogP contribution is -2.67. The van der Waals surface area contributed by atoms with Crippen molar-refractivity contribution in [1.29, 1.82) is 0 Å². The van der Waals surface area contributed by atoms with Crippen LogP contribution in [0.25, 0.3) is 0 Å². The molecule has 0 spiro atoms. The first-order valence-corrected chi connectivity index (χ1v) is 7.66. The van der Waals surface area contributed by atoms with E-state index in [-0.39, 0.29) is 0 Å². The number of rotatable bonds is 3. The monoisotopic (exact) mass is 252 g/mol. The van der Waals surface area contributed by atoms with Gasteiger partial charge in [0.15, 0.2) is 0 Å². The lowest BCUT2D eigenvalue weighted by Gasteiger charge is -2.55. The van der Waals surface area contributed by atoms with Crippen LogP contribution >= 0.6 is 0 Å². The Kier molecular flexibility index (Phi) is 3.41. The molecule has 3 rings (SSSR count). The van der Waals surface area contributed by atoms with Gasteiger partial charge in [-0.1, -0.05) is 20.3 Å². The number of fused-ring (bicyclic) bond motifs is 1. The van der Waals surface area contributed by atoms with Crippen molar-refractivity contribution in [3.63, 3.8) is 0 Å². The smallest absolute Gasteiger partial charge is 0.0685 e. The average molecular weight is 252 g/mol. The maximum absolute atomic E-state index is 5.86. The molecule has 0 aromatic heterocycles. The quantitative estimate of drug-likeness (QED) is 0.830. The summed E-state index contributed by atoms with van der Waals surface area (Å²) in [5.41, 5.74) is 0.328. The van der Waals surface area contributed by atoms with Gasteiger partial charge in [0.1, 0.15) is 0 Å². The van der Waals surface area contributed by atoms with Gasteiger partial charge in [0.05, 0.1) is 6.10 Å². The Morgan fingerprint density at radius 1 is 1.28 bits per heavy atom. The van der Waals surface area contributed by atoms with Crippen molar-refractivity contribution in [3.05, 3.63) is 0 Å². The molecule has 3 fully saturated rings. The minimum Gasteiger partial charge on any atom is -0.377 e. The van der Waals surface area contributed by atoms with E-state index in [4.69, 9.17) is 4.74 Å². The van der Waals surface area contributed by atoms with Gasteiger partial charge >= 0.3 is 0 Å². The number of hydrogen-bond acceptors (Lipinski definition) is 3. The topological polar surface area (TPSA) is 24.5 Å². The van der Waals surface area contributed by atoms with Gasteiger partial charge in [-0.15, -0.1) is 0 Å². The number of likely N-dealkylation sites (N-methyl/N-ethyl adjacent to an activating group) is 1. The Bertz CT molecular complexity index is 305. The minimum atomic E-state index is 0.328. The molecule has 2 saturated heterocycles. The molecule has 3 heteroatoms. The predicted molar refractivity (Wildman–Crippen MR) is 73.7 cm³/mol. The van der Waals surface area contributed by atoms with Crippen LogP contribution in [0, 0.1) is 11.3 Å². The number of ether oxygens (including phenoxy) is 1. The third-order valence-corrected chi connectivity index (χ3v) is 5.60. The summed E-state index contributed by atoms with van der Waals surface area (Å²) >= 11 is 0. The highest BCUT2D eigenvalue weighted by Gasteiger charge is 2.58. The maximum atomic E-state index is 5.86. The van der Waals surface area contributed by atoms with E-state index in [2.05, 4.69) is 31.1 Å². The molecule has 0 aromatic carbocycles. The van der Waals surface area contributed by atoms with Crippen molar-refractivity contribution in [2.24, 2.45) is 11.3 Å². The van der Waals surface area contributed by atoms with E-state index < -0.39 is 0 Å². The summed E-state index contributed by atoms with van der Waals surface area (Å²) in [5, 5.41) is 3.86. The zero-order chi connectivity index (χ0) is 12.8. The van der Waals surface area contributed by atoms with E-state index in [1.807, 2.05) is 0 Å². The lowest BCUT2D eigenvalue weighted by molar-refractivity contribution is -0.113. The third-order valence-electron chi connectivity index (χ3n) is 5.60. The Hall–Kier alpha value is -0.120. The molecule has 4 unspecified atom stereocenters. The molecule has 3 aliphatic rings. The van der Waals surface area contributed by atoms with Crippen molar-refractivity contribution >= 4 is 0 Å². The number of hydrogen-bond donors (Lipinski definition) is 1. The molecule has 4 atom stereocenters. The van der Waals surface area contributed by atoms with E-state index in [1.165, 1.54) is 32.2 Å². The Morgan fingerprint density at radius 3 is 2.89 bits per heavy atom. The van der Waals surface area contributed by atoms with Crippen molar-refractivity contribution in [3.8, 4) is 0 Å². The normalized spacial score (nSPS) is 43.5. The van der Waals surface area contributed by atoms with Gasteiger partial charge in [-0.05, 0) is 32.9 Å². The van der Waals surface area contributed by atoms with Gasteiger partial charge < -0.3 is 15.0 Å². The van der Waals surface area contributed by atoms with E-state index in [0.717, 1.165) is 25.1 Å². The van der Waals surface area contributed by atoms with Crippen LogP contribution in [0.1, 0.15) is 39.5 Å². The number of piperidine rings is 1. The molecular formula is C15H28N2O. The first-order chi connectivity index (χ1) is 8.60. The van der Waals surface area contributed by atoms with Crippen LogP contribution in [-0.4, -0.2) is 49.8 Å². The van der Waals surface area contributed by atoms with Gasteiger partial charge in [-0.3, -0.25) is 0 Å². The molecule has 18 heavy (non-hydrogen) atoms. The molecule has 0 amide bonds. The molecule has 2 heterocycles. The Labute approximate surface area is 111 Å². The summed E-state index contributed by atoms with van der Waals surface area (Å²) in [7, 11) is 2.28. The summed E-state index contributed by atoms with van der Waals surface area (Å²) in [5.74, 6) is 0.772. The largest absolute Gasteiger partial charge is 0.377 e. The molecule has 2 aliphatic heterocycles. The van der Waals surface area contributed by atoms with Crippen LogP contribution in [0.4, 0.5) is 0 Å². The second-order valence-electron chi connectivity index (χ2n) is 7.08. The number of nitrogens with zero attached hydrogens (tertiary/aromatic N) is 1. The van der Waals surface area contributed by atoms with Crippen molar-refractivity contribution in [2.75, 3.05) is 26.7 Å². The fourth-order valence-corrected chi connectivity index (χ4v) is 4.40. The SMILES string of the molecule is CN1CCCCC1CNC1C2CCOC2C1(C)C. The fourth-order valence-electron chi connectivity index (χ4n) is 4.40. The average Bonchev–Trinajstić information content (AvgIpc) is 2.78. The number of nitrogens with one attached hydrogen (secondary N) is 1. The van der Waals surface area contributed by atoms with Gasteiger partial charge in [-0.25, -0.2) is 0 Å². The second-order valence-corrected chi connectivity index (χ2v) is 7.08. The standard InChI is InChI=1S/C15H28N2O/c1-15(2)13(12-7-9-18-14(12)15)16-10-11-6-4-5-8-17(11)3/h11-14,16H,4-10H2,1-3H3. The summed E-state index contributed by atoms with van der Waals surface area (Å²) in [6.07, 6.45) is 5.91. The highest BCUT2D eigenvalue weighted by Crippen LogP contribution is 2.52. The van der Waals surface area contributed by atoms with Crippen molar-refractivity contribution in [1.82, 2.24) is 10.2 Å². The summed E-state index contributed by atoms with van der Waals surface area (Å²) in [6, 6.07) is 1.41. The van der Waals surface area contributed by atoms with Gasteiger partial charge in [-0.2, -0.15) is 0 Å². The minimum absolute atomic E-state index is 0.328. The van der Waals surface area contributed by atoms with E-state index in [9.17, 15) is 0 Å². The second kappa shape index (κ2) is 4.77. The predicted octanol–water partition coefficient (Wildman–Crippen LogP) is 1.87. The molecule has 0 bridgehead atoms. The summed E-state index contributed by atoms with van der Waals surface area (Å²) in [4.78, 5) is 2.53. The highest BCUT2D eigenvalue weighted by molar-refractivity contribution is 5.11. The van der Waals surface area contributed by atoms with Crippen LogP contribution in [0.5, 0.6) is 0 Å². The van der Waals surface area contributed by atoms with Crippen LogP contribution in [0.3, 0.4) is 0 Å². The Balaban J connectivity index is 1.54. The molecule has 1 saturated carbocycles. The van der Waals surface area contributed by atoms with Gasteiger partial charge in [0.2, 0.25) is 0 Å². The van der Waals surface area contributed by atoms with E-state index >= 15 is 0 Å². The van der Waals surface area contributed by atoms with E-state index in [0.29, 0.717) is 17.6 Å². The molecule has 104 valence electrons.